The molecule has 0 aliphatic rings. The number of carbonyl (C=O) groups excluding carboxylic acids is 1. The topological polar surface area (TPSA) is 20.3 Å². The maximum Gasteiger partial charge on any atom is 0.129 e. The molecule has 0 radical (unpaired) electrons. The predicted molar refractivity (Wildman–Crippen MR) is 68.8 cm³/mol. The van der Waals surface area contributed by atoms with Gasteiger partial charge < -0.3 is 9.69 Å². The van der Waals surface area contributed by atoms with E-state index in [2.05, 4.69) is 11.8 Å². The van der Waals surface area contributed by atoms with Gasteiger partial charge in [-0.3, -0.25) is 0 Å². The molecule has 3 heteroatoms. The lowest BCUT2D eigenvalue weighted by molar-refractivity contribution is -0.117. The van der Waals surface area contributed by atoms with Gasteiger partial charge in [-0.25, -0.2) is 4.39 Å². The van der Waals surface area contributed by atoms with E-state index >= 15 is 0 Å². The Hall–Kier alpha value is -1.38. The number of benzene rings is 1. The van der Waals surface area contributed by atoms with Crippen LogP contribution in [0.3, 0.4) is 0 Å². The fourth-order valence-electron chi connectivity index (χ4n) is 1.80. The number of halogens is 1. The molecule has 0 aliphatic heterocycles. The highest BCUT2D eigenvalue weighted by atomic mass is 19.1. The van der Waals surface area contributed by atoms with Gasteiger partial charge in [0.05, 0.1) is 0 Å². The molecule has 0 amide bonds. The summed E-state index contributed by atoms with van der Waals surface area (Å²) in [7, 11) is 0. The van der Waals surface area contributed by atoms with Gasteiger partial charge in [0, 0.05) is 25.2 Å². The zero-order chi connectivity index (χ0) is 12.7. The molecule has 0 saturated carbocycles. The molecule has 0 aromatic heterocycles. The average molecular weight is 237 g/mol. The normalized spacial score (nSPS) is 10.3. The van der Waals surface area contributed by atoms with Crippen molar-refractivity contribution in [2.24, 2.45) is 0 Å². The standard InChI is InChI=1S/C14H20FNO/c1-3-16(11-5-4-6-12(2)17)14-9-7-13(15)8-10-14/h7-10H,3-6,11H2,1-2H3. The van der Waals surface area contributed by atoms with Gasteiger partial charge in [-0.05, 0) is 51.0 Å². The Morgan fingerprint density at radius 1 is 1.24 bits per heavy atom. The molecular weight excluding hydrogens is 217 g/mol. The Balaban J connectivity index is 2.43. The highest BCUT2D eigenvalue weighted by molar-refractivity contribution is 5.75. The Bertz CT molecular complexity index is 348. The molecule has 0 unspecified atom stereocenters. The zero-order valence-electron chi connectivity index (χ0n) is 10.6. The minimum absolute atomic E-state index is 0.207. The van der Waals surface area contributed by atoms with Crippen LogP contribution in [0.25, 0.3) is 0 Å². The number of ketones is 1. The van der Waals surface area contributed by atoms with Crippen LogP contribution < -0.4 is 4.90 Å². The molecule has 0 saturated heterocycles. The second-order valence-corrected chi connectivity index (χ2v) is 4.22. The van der Waals surface area contributed by atoms with Gasteiger partial charge in [0.25, 0.3) is 0 Å². The van der Waals surface area contributed by atoms with Gasteiger partial charge >= 0.3 is 0 Å². The van der Waals surface area contributed by atoms with Gasteiger partial charge in [0.2, 0.25) is 0 Å². The molecule has 0 heterocycles. The summed E-state index contributed by atoms with van der Waals surface area (Å²) in [5.74, 6) is 0.0382. The molecular formula is C14H20FNO. The number of nitrogens with zero attached hydrogens (tertiary/aromatic N) is 1. The monoisotopic (exact) mass is 237 g/mol. The van der Waals surface area contributed by atoms with Crippen LogP contribution in [0.2, 0.25) is 0 Å². The van der Waals surface area contributed by atoms with Crippen molar-refractivity contribution in [3.63, 3.8) is 0 Å². The summed E-state index contributed by atoms with van der Waals surface area (Å²) in [6.07, 6.45) is 2.57. The zero-order valence-corrected chi connectivity index (χ0v) is 10.6. The molecule has 1 aromatic carbocycles. The molecule has 17 heavy (non-hydrogen) atoms. The third-order valence-corrected chi connectivity index (χ3v) is 2.78. The fraction of sp³-hybridized carbons (Fsp3) is 0.500. The highest BCUT2D eigenvalue weighted by Gasteiger charge is 2.04. The predicted octanol–water partition coefficient (Wildman–Crippen LogP) is 3.41. The van der Waals surface area contributed by atoms with E-state index in [4.69, 9.17) is 0 Å². The Morgan fingerprint density at radius 3 is 2.41 bits per heavy atom. The van der Waals surface area contributed by atoms with E-state index in [9.17, 15) is 9.18 Å². The highest BCUT2D eigenvalue weighted by Crippen LogP contribution is 2.15. The van der Waals surface area contributed by atoms with Crippen LogP contribution in [-0.2, 0) is 4.79 Å². The van der Waals surface area contributed by atoms with Crippen LogP contribution >= 0.6 is 0 Å². The number of carbonyl (C=O) groups is 1. The van der Waals surface area contributed by atoms with Crippen LogP contribution in [-0.4, -0.2) is 18.9 Å². The molecule has 0 fully saturated rings. The number of rotatable bonds is 7. The minimum Gasteiger partial charge on any atom is -0.372 e. The van der Waals surface area contributed by atoms with Crippen LogP contribution in [0.5, 0.6) is 0 Å². The first-order valence-corrected chi connectivity index (χ1v) is 6.13. The Labute approximate surface area is 102 Å². The number of anilines is 1. The average Bonchev–Trinajstić information content (AvgIpc) is 2.30. The summed E-state index contributed by atoms with van der Waals surface area (Å²) in [5, 5.41) is 0. The van der Waals surface area contributed by atoms with Crippen molar-refractivity contribution < 1.29 is 9.18 Å². The van der Waals surface area contributed by atoms with E-state index < -0.39 is 0 Å². The molecule has 0 aliphatic carbocycles. The summed E-state index contributed by atoms with van der Waals surface area (Å²) in [5.41, 5.74) is 1.04. The SMILES string of the molecule is CCN(CCCCC(C)=O)c1ccc(F)cc1. The van der Waals surface area contributed by atoms with Crippen molar-refractivity contribution in [2.75, 3.05) is 18.0 Å². The summed E-state index contributed by atoms with van der Waals surface area (Å²) in [6, 6.07) is 6.55. The lowest BCUT2D eigenvalue weighted by Crippen LogP contribution is -2.23. The maximum absolute atomic E-state index is 12.8. The van der Waals surface area contributed by atoms with Crippen molar-refractivity contribution in [3.8, 4) is 0 Å². The number of hydrogen-bond donors (Lipinski definition) is 0. The Kier molecular flexibility index (Phi) is 5.67. The van der Waals surface area contributed by atoms with Crippen LogP contribution in [0.4, 0.5) is 10.1 Å². The first-order chi connectivity index (χ1) is 8.13. The summed E-state index contributed by atoms with van der Waals surface area (Å²) < 4.78 is 12.8. The smallest absolute Gasteiger partial charge is 0.129 e. The first kappa shape index (κ1) is 13.7. The van der Waals surface area contributed by atoms with Crippen molar-refractivity contribution >= 4 is 11.5 Å². The second kappa shape index (κ2) is 7.05. The third-order valence-electron chi connectivity index (χ3n) is 2.78. The van der Waals surface area contributed by atoms with Gasteiger partial charge in [0.1, 0.15) is 11.6 Å². The quantitative estimate of drug-likeness (QED) is 0.677. The van der Waals surface area contributed by atoms with E-state index in [0.29, 0.717) is 6.42 Å². The summed E-state index contributed by atoms with van der Waals surface area (Å²) in [4.78, 5) is 13.0. The molecule has 0 spiro atoms. The lowest BCUT2D eigenvalue weighted by Gasteiger charge is -2.22. The summed E-state index contributed by atoms with van der Waals surface area (Å²) in [6.45, 7) is 5.51. The second-order valence-electron chi connectivity index (χ2n) is 4.22. The van der Waals surface area contributed by atoms with Crippen molar-refractivity contribution in [1.29, 1.82) is 0 Å². The molecule has 1 aromatic rings. The lowest BCUT2D eigenvalue weighted by atomic mass is 10.2. The first-order valence-electron chi connectivity index (χ1n) is 6.13. The molecule has 0 atom stereocenters. The molecule has 0 N–H and O–H groups in total. The van der Waals surface area contributed by atoms with Crippen LogP contribution in [0.15, 0.2) is 24.3 Å². The van der Waals surface area contributed by atoms with Crippen molar-refractivity contribution in [3.05, 3.63) is 30.1 Å². The van der Waals surface area contributed by atoms with Gasteiger partial charge in [-0.1, -0.05) is 0 Å². The van der Waals surface area contributed by atoms with E-state index in [1.807, 2.05) is 0 Å². The maximum atomic E-state index is 12.8. The van der Waals surface area contributed by atoms with Gasteiger partial charge in [-0.15, -0.1) is 0 Å². The molecule has 2 nitrogen and oxygen atoms in total. The number of hydrogen-bond acceptors (Lipinski definition) is 2. The Morgan fingerprint density at radius 2 is 1.88 bits per heavy atom. The van der Waals surface area contributed by atoms with Crippen LogP contribution in [0, 0.1) is 5.82 Å². The van der Waals surface area contributed by atoms with E-state index in [1.165, 1.54) is 12.1 Å². The van der Waals surface area contributed by atoms with E-state index in [-0.39, 0.29) is 11.6 Å². The molecule has 0 bridgehead atoms. The molecule has 1 rings (SSSR count). The minimum atomic E-state index is -0.207. The van der Waals surface area contributed by atoms with Gasteiger partial charge in [0.15, 0.2) is 0 Å². The summed E-state index contributed by atoms with van der Waals surface area (Å²) >= 11 is 0. The fourth-order valence-corrected chi connectivity index (χ4v) is 1.80. The van der Waals surface area contributed by atoms with E-state index in [1.54, 1.807) is 19.1 Å². The van der Waals surface area contributed by atoms with E-state index in [0.717, 1.165) is 31.6 Å². The third kappa shape index (κ3) is 4.98. The van der Waals surface area contributed by atoms with Gasteiger partial charge in [-0.2, -0.15) is 0 Å². The number of unbranched alkanes of at least 4 members (excludes halogenated alkanes) is 1. The van der Waals surface area contributed by atoms with Crippen molar-refractivity contribution in [2.45, 2.75) is 33.1 Å². The van der Waals surface area contributed by atoms with Crippen molar-refractivity contribution in [1.82, 2.24) is 0 Å². The molecule has 94 valence electrons. The van der Waals surface area contributed by atoms with Crippen LogP contribution in [0.1, 0.15) is 33.1 Å². The largest absolute Gasteiger partial charge is 0.372 e. The number of Topliss-reactive ketones (excluding diaryl/α,β-unsaturated/α-hetero) is 1.